The van der Waals surface area contributed by atoms with Gasteiger partial charge < -0.3 is 0 Å². The summed E-state index contributed by atoms with van der Waals surface area (Å²) in [6, 6.07) is 17.5. The molecule has 0 radical (unpaired) electrons. The molecule has 0 aliphatic heterocycles. The molecule has 1 nitrogen and oxygen atoms in total. The quantitative estimate of drug-likeness (QED) is 0.740. The Kier molecular flexibility index (Phi) is 4.32. The summed E-state index contributed by atoms with van der Waals surface area (Å²) < 4.78 is 1.04. The molecule has 2 aromatic rings. The number of Topliss-reactive ketones (excluding diaryl/α,β-unsaturated/α-hetero) is 1. The maximum Gasteiger partial charge on any atom is 0.170 e. The first-order valence-corrected chi connectivity index (χ1v) is 6.86. The van der Waals surface area contributed by atoms with Crippen molar-refractivity contribution in [1.29, 1.82) is 0 Å². The molecule has 0 saturated heterocycles. The fourth-order valence-corrected chi connectivity index (χ4v) is 2.34. The second-order valence-electron chi connectivity index (χ2n) is 4.24. The predicted octanol–water partition coefficient (Wildman–Crippen LogP) is 4.83. The molecule has 2 heteroatoms. The predicted molar refractivity (Wildman–Crippen MR) is 77.9 cm³/mol. The summed E-state index contributed by atoms with van der Waals surface area (Å²) >= 11 is 3.41. The second-order valence-corrected chi connectivity index (χ2v) is 5.16. The van der Waals surface area contributed by atoms with Crippen LogP contribution in [-0.4, -0.2) is 5.78 Å². The van der Waals surface area contributed by atoms with Gasteiger partial charge in [-0.25, -0.2) is 0 Å². The third-order valence-corrected chi connectivity index (χ3v) is 3.58. The molecule has 2 rings (SSSR count). The molecule has 0 bridgehead atoms. The molecule has 2 aromatic carbocycles. The molecule has 1 atom stereocenters. The van der Waals surface area contributed by atoms with Gasteiger partial charge in [-0.2, -0.15) is 0 Å². The molecular formula is C16H15BrO. The van der Waals surface area contributed by atoms with Crippen molar-refractivity contribution in [2.45, 2.75) is 19.3 Å². The Morgan fingerprint density at radius 2 is 1.67 bits per heavy atom. The maximum atomic E-state index is 12.4. The lowest BCUT2D eigenvalue weighted by Crippen LogP contribution is -2.12. The number of benzene rings is 2. The van der Waals surface area contributed by atoms with Crippen molar-refractivity contribution in [3.05, 3.63) is 70.2 Å². The first-order valence-electron chi connectivity index (χ1n) is 6.07. The smallest absolute Gasteiger partial charge is 0.170 e. The van der Waals surface area contributed by atoms with E-state index in [0.717, 1.165) is 22.0 Å². The Bertz CT molecular complexity index is 517. The molecule has 0 N–H and O–H groups in total. The fourth-order valence-electron chi connectivity index (χ4n) is 2.07. The van der Waals surface area contributed by atoms with Crippen LogP contribution in [0.5, 0.6) is 0 Å². The summed E-state index contributed by atoms with van der Waals surface area (Å²) in [5.74, 6) is 0.140. The normalized spacial score (nSPS) is 12.1. The largest absolute Gasteiger partial charge is 0.293 e. The van der Waals surface area contributed by atoms with Crippen LogP contribution in [0.3, 0.4) is 0 Å². The average molecular weight is 303 g/mol. The summed E-state index contributed by atoms with van der Waals surface area (Å²) in [6.07, 6.45) is 0.815. The Hall–Kier alpha value is -1.41. The Morgan fingerprint density at radius 1 is 1.06 bits per heavy atom. The van der Waals surface area contributed by atoms with E-state index in [9.17, 15) is 4.79 Å². The van der Waals surface area contributed by atoms with Gasteiger partial charge in [0.2, 0.25) is 0 Å². The summed E-state index contributed by atoms with van der Waals surface area (Å²) in [6.45, 7) is 2.05. The van der Waals surface area contributed by atoms with Crippen LogP contribution in [0.1, 0.15) is 35.2 Å². The number of carbonyl (C=O) groups is 1. The Morgan fingerprint density at radius 3 is 2.22 bits per heavy atom. The molecule has 0 fully saturated rings. The van der Waals surface area contributed by atoms with Crippen molar-refractivity contribution in [3.63, 3.8) is 0 Å². The van der Waals surface area contributed by atoms with Gasteiger partial charge in [-0.05, 0) is 24.1 Å². The highest BCUT2D eigenvalue weighted by atomic mass is 79.9. The number of ketones is 1. The fraction of sp³-hybridized carbons (Fsp3) is 0.188. The van der Waals surface area contributed by atoms with Gasteiger partial charge in [0.15, 0.2) is 5.78 Å². The number of rotatable bonds is 4. The molecule has 18 heavy (non-hydrogen) atoms. The molecule has 0 amide bonds. The minimum absolute atomic E-state index is 0.0551. The first-order chi connectivity index (χ1) is 8.72. The highest BCUT2D eigenvalue weighted by molar-refractivity contribution is 9.10. The molecule has 0 aliphatic rings. The van der Waals surface area contributed by atoms with E-state index >= 15 is 0 Å². The van der Waals surface area contributed by atoms with Gasteiger partial charge in [-0.1, -0.05) is 65.3 Å². The lowest BCUT2D eigenvalue weighted by atomic mass is 9.89. The van der Waals surface area contributed by atoms with Gasteiger partial charge in [-0.15, -0.1) is 0 Å². The van der Waals surface area contributed by atoms with Crippen LogP contribution in [-0.2, 0) is 0 Å². The van der Waals surface area contributed by atoms with E-state index in [0.29, 0.717) is 0 Å². The molecule has 0 aliphatic carbocycles. The lowest BCUT2D eigenvalue weighted by Gasteiger charge is -2.14. The van der Waals surface area contributed by atoms with Gasteiger partial charge in [0, 0.05) is 16.0 Å². The Balaban J connectivity index is 2.29. The summed E-state index contributed by atoms with van der Waals surface area (Å²) in [7, 11) is 0. The van der Waals surface area contributed by atoms with Crippen LogP contribution in [0, 0.1) is 0 Å². The van der Waals surface area contributed by atoms with E-state index in [-0.39, 0.29) is 11.7 Å². The van der Waals surface area contributed by atoms with E-state index in [1.807, 2.05) is 61.5 Å². The van der Waals surface area contributed by atoms with Gasteiger partial charge in [0.25, 0.3) is 0 Å². The van der Waals surface area contributed by atoms with E-state index < -0.39 is 0 Å². The summed E-state index contributed by atoms with van der Waals surface area (Å²) in [4.78, 5) is 12.4. The summed E-state index contributed by atoms with van der Waals surface area (Å²) in [5, 5.41) is 0. The second kappa shape index (κ2) is 5.96. The highest BCUT2D eigenvalue weighted by Crippen LogP contribution is 2.25. The van der Waals surface area contributed by atoms with E-state index in [1.54, 1.807) is 0 Å². The minimum atomic E-state index is -0.0551. The standard InChI is InChI=1S/C16H15BrO/c1-2-15(12-8-10-14(17)11-9-12)16(18)13-6-4-3-5-7-13/h3-11,15H,2H2,1H3. The van der Waals surface area contributed by atoms with E-state index in [4.69, 9.17) is 0 Å². The monoisotopic (exact) mass is 302 g/mol. The van der Waals surface area contributed by atoms with Gasteiger partial charge in [0.05, 0.1) is 0 Å². The van der Waals surface area contributed by atoms with Crippen molar-refractivity contribution in [2.24, 2.45) is 0 Å². The number of hydrogen-bond donors (Lipinski definition) is 0. The molecule has 0 saturated carbocycles. The van der Waals surface area contributed by atoms with Gasteiger partial charge >= 0.3 is 0 Å². The average Bonchev–Trinajstić information content (AvgIpc) is 2.42. The topological polar surface area (TPSA) is 17.1 Å². The van der Waals surface area contributed by atoms with Crippen molar-refractivity contribution < 1.29 is 4.79 Å². The molecule has 92 valence electrons. The van der Waals surface area contributed by atoms with Crippen LogP contribution < -0.4 is 0 Å². The van der Waals surface area contributed by atoms with Crippen LogP contribution in [0.15, 0.2) is 59.1 Å². The molecule has 0 heterocycles. The van der Waals surface area contributed by atoms with Crippen LogP contribution in [0.25, 0.3) is 0 Å². The number of hydrogen-bond acceptors (Lipinski definition) is 1. The van der Waals surface area contributed by atoms with Crippen LogP contribution in [0.2, 0.25) is 0 Å². The third kappa shape index (κ3) is 2.88. The number of carbonyl (C=O) groups excluding carboxylic acids is 1. The molecule has 1 unspecified atom stereocenters. The summed E-state index contributed by atoms with van der Waals surface area (Å²) in [5.41, 5.74) is 1.86. The van der Waals surface area contributed by atoms with Crippen LogP contribution in [0.4, 0.5) is 0 Å². The molecule has 0 spiro atoms. The molecular weight excluding hydrogens is 288 g/mol. The maximum absolute atomic E-state index is 12.4. The highest BCUT2D eigenvalue weighted by Gasteiger charge is 2.19. The van der Waals surface area contributed by atoms with Crippen molar-refractivity contribution >= 4 is 21.7 Å². The Labute approximate surface area is 116 Å². The SMILES string of the molecule is CCC(C(=O)c1ccccc1)c1ccc(Br)cc1. The third-order valence-electron chi connectivity index (χ3n) is 3.06. The van der Waals surface area contributed by atoms with Gasteiger partial charge in [0.1, 0.15) is 0 Å². The van der Waals surface area contributed by atoms with E-state index in [1.165, 1.54) is 0 Å². The van der Waals surface area contributed by atoms with Crippen LogP contribution >= 0.6 is 15.9 Å². The van der Waals surface area contributed by atoms with Crippen molar-refractivity contribution in [2.75, 3.05) is 0 Å². The van der Waals surface area contributed by atoms with Crippen molar-refractivity contribution in [1.82, 2.24) is 0 Å². The molecule has 0 aromatic heterocycles. The number of halogens is 1. The zero-order valence-corrected chi connectivity index (χ0v) is 11.9. The first kappa shape index (κ1) is 13.0. The van der Waals surface area contributed by atoms with E-state index in [2.05, 4.69) is 15.9 Å². The minimum Gasteiger partial charge on any atom is -0.293 e. The van der Waals surface area contributed by atoms with Gasteiger partial charge in [-0.3, -0.25) is 4.79 Å². The van der Waals surface area contributed by atoms with Crippen molar-refractivity contribution in [3.8, 4) is 0 Å². The zero-order chi connectivity index (χ0) is 13.0. The lowest BCUT2D eigenvalue weighted by molar-refractivity contribution is 0.0957. The zero-order valence-electron chi connectivity index (χ0n) is 10.3.